The van der Waals surface area contributed by atoms with Crippen molar-refractivity contribution >= 4 is 46.9 Å². The highest BCUT2D eigenvalue weighted by molar-refractivity contribution is 6.39. The Morgan fingerprint density at radius 1 is 0.950 bits per heavy atom. The Hall–Kier alpha value is -4.64. The standard InChI is InChI=1S/C28H28ClFN4O6/c1-3-13-39-20-11-9-19(10-12-20)32-27(36)28(37)34-31-16-18-14-21(29)26(24(15-18)38-4-2)40-17-25(35)33-23-8-6-5-7-22(23)30/h5-12,14-16H,3-4,13,17H2,1-2H3,(H,32,36)(H,33,35)(H,34,37)/b31-16-. The van der Waals surface area contributed by atoms with E-state index in [0.29, 0.717) is 23.6 Å². The van der Waals surface area contributed by atoms with Crippen molar-refractivity contribution in [1.29, 1.82) is 0 Å². The second-order valence-corrected chi connectivity index (χ2v) is 8.51. The fraction of sp³-hybridized carbons (Fsp3) is 0.214. The van der Waals surface area contributed by atoms with Crippen LogP contribution in [-0.4, -0.2) is 43.8 Å². The molecule has 40 heavy (non-hydrogen) atoms. The van der Waals surface area contributed by atoms with Gasteiger partial charge in [-0.1, -0.05) is 30.7 Å². The summed E-state index contributed by atoms with van der Waals surface area (Å²) in [6.07, 6.45) is 2.13. The highest BCUT2D eigenvalue weighted by Crippen LogP contribution is 2.36. The minimum atomic E-state index is -0.987. The molecule has 12 heteroatoms. The van der Waals surface area contributed by atoms with Crippen LogP contribution in [0.25, 0.3) is 0 Å². The maximum absolute atomic E-state index is 13.8. The fourth-order valence-corrected chi connectivity index (χ4v) is 3.48. The van der Waals surface area contributed by atoms with Gasteiger partial charge in [-0.15, -0.1) is 0 Å². The molecule has 3 amide bonds. The van der Waals surface area contributed by atoms with Crippen LogP contribution in [0, 0.1) is 5.82 Å². The lowest BCUT2D eigenvalue weighted by molar-refractivity contribution is -0.136. The summed E-state index contributed by atoms with van der Waals surface area (Å²) in [5, 5.41) is 8.77. The van der Waals surface area contributed by atoms with Crippen molar-refractivity contribution in [2.75, 3.05) is 30.5 Å². The Labute approximate surface area is 235 Å². The van der Waals surface area contributed by atoms with Crippen LogP contribution < -0.4 is 30.3 Å². The highest BCUT2D eigenvalue weighted by Gasteiger charge is 2.16. The molecule has 0 spiro atoms. The van der Waals surface area contributed by atoms with Crippen molar-refractivity contribution in [3.05, 3.63) is 77.1 Å². The number of hydrazone groups is 1. The number of rotatable bonds is 12. The number of hydrogen-bond acceptors (Lipinski definition) is 7. The molecule has 0 aliphatic heterocycles. The van der Waals surface area contributed by atoms with Crippen molar-refractivity contribution in [3.63, 3.8) is 0 Å². The first-order valence-corrected chi connectivity index (χ1v) is 12.7. The number of nitrogens with zero attached hydrogens (tertiary/aromatic N) is 1. The van der Waals surface area contributed by atoms with Gasteiger partial charge in [0.15, 0.2) is 18.1 Å². The average molecular weight is 571 g/mol. The lowest BCUT2D eigenvalue weighted by Crippen LogP contribution is -2.32. The van der Waals surface area contributed by atoms with Crippen LogP contribution in [0.1, 0.15) is 25.8 Å². The number of para-hydroxylation sites is 1. The molecule has 210 valence electrons. The molecule has 0 heterocycles. The molecule has 10 nitrogen and oxygen atoms in total. The summed E-state index contributed by atoms with van der Waals surface area (Å²) < 4.78 is 30.4. The van der Waals surface area contributed by atoms with Crippen LogP contribution in [0.3, 0.4) is 0 Å². The molecule has 0 unspecified atom stereocenters. The summed E-state index contributed by atoms with van der Waals surface area (Å²) in [6, 6.07) is 15.3. The minimum Gasteiger partial charge on any atom is -0.494 e. The first-order valence-electron chi connectivity index (χ1n) is 12.3. The number of carbonyl (C=O) groups is 3. The van der Waals surface area contributed by atoms with E-state index in [1.165, 1.54) is 36.5 Å². The summed E-state index contributed by atoms with van der Waals surface area (Å²) in [5.74, 6) is -2.12. The Morgan fingerprint density at radius 3 is 2.40 bits per heavy atom. The molecule has 0 saturated heterocycles. The third kappa shape index (κ3) is 8.98. The Balaban J connectivity index is 1.57. The molecule has 0 aliphatic rings. The molecule has 3 aromatic carbocycles. The van der Waals surface area contributed by atoms with Gasteiger partial charge in [0.05, 0.1) is 30.1 Å². The van der Waals surface area contributed by atoms with Gasteiger partial charge >= 0.3 is 11.8 Å². The summed E-state index contributed by atoms with van der Waals surface area (Å²) >= 11 is 6.34. The Kier molecular flexibility index (Phi) is 11.3. The van der Waals surface area contributed by atoms with Crippen LogP contribution >= 0.6 is 11.6 Å². The summed E-state index contributed by atoms with van der Waals surface area (Å²) in [6.45, 7) is 4.12. The zero-order valence-corrected chi connectivity index (χ0v) is 22.6. The smallest absolute Gasteiger partial charge is 0.329 e. The second-order valence-electron chi connectivity index (χ2n) is 8.11. The molecule has 0 aromatic heterocycles. The van der Waals surface area contributed by atoms with Gasteiger partial charge in [-0.2, -0.15) is 5.10 Å². The van der Waals surface area contributed by atoms with Crippen molar-refractivity contribution in [2.24, 2.45) is 5.10 Å². The van der Waals surface area contributed by atoms with E-state index in [0.717, 1.165) is 6.42 Å². The SMILES string of the molecule is CCCOc1ccc(NC(=O)C(=O)N/N=C\c2cc(Cl)c(OCC(=O)Nc3ccccc3F)c(OCC)c2)cc1. The molecule has 0 saturated carbocycles. The van der Waals surface area contributed by atoms with Gasteiger partial charge in [0.1, 0.15) is 11.6 Å². The van der Waals surface area contributed by atoms with Gasteiger partial charge in [-0.3, -0.25) is 14.4 Å². The molecule has 0 atom stereocenters. The van der Waals surface area contributed by atoms with Crippen LogP contribution in [0.5, 0.6) is 17.2 Å². The molecule has 0 radical (unpaired) electrons. The number of carbonyl (C=O) groups excluding carboxylic acids is 3. The number of anilines is 2. The summed E-state index contributed by atoms with van der Waals surface area (Å²) in [5.41, 5.74) is 2.99. The number of amides is 3. The number of halogens is 2. The van der Waals surface area contributed by atoms with E-state index in [2.05, 4.69) is 21.2 Å². The average Bonchev–Trinajstić information content (AvgIpc) is 2.93. The van der Waals surface area contributed by atoms with E-state index in [9.17, 15) is 18.8 Å². The molecular formula is C28H28ClFN4O6. The predicted octanol–water partition coefficient (Wildman–Crippen LogP) is 4.77. The number of ether oxygens (including phenoxy) is 3. The zero-order valence-electron chi connectivity index (χ0n) is 21.8. The zero-order chi connectivity index (χ0) is 28.9. The third-order valence-corrected chi connectivity index (χ3v) is 5.28. The normalized spacial score (nSPS) is 10.6. The first kappa shape index (κ1) is 29.9. The van der Waals surface area contributed by atoms with Crippen LogP contribution in [0.4, 0.5) is 15.8 Å². The lowest BCUT2D eigenvalue weighted by Gasteiger charge is -2.14. The van der Waals surface area contributed by atoms with Crippen molar-refractivity contribution < 1.29 is 33.0 Å². The van der Waals surface area contributed by atoms with E-state index in [-0.39, 0.29) is 28.8 Å². The van der Waals surface area contributed by atoms with Gasteiger partial charge < -0.3 is 24.8 Å². The quantitative estimate of drug-likeness (QED) is 0.163. The van der Waals surface area contributed by atoms with E-state index in [1.807, 2.05) is 6.92 Å². The van der Waals surface area contributed by atoms with Crippen molar-refractivity contribution in [2.45, 2.75) is 20.3 Å². The topological polar surface area (TPSA) is 127 Å². The molecule has 3 N–H and O–H groups in total. The van der Waals surface area contributed by atoms with Crippen molar-refractivity contribution in [1.82, 2.24) is 5.43 Å². The summed E-state index contributed by atoms with van der Waals surface area (Å²) in [7, 11) is 0. The molecule has 3 rings (SSSR count). The van der Waals surface area contributed by atoms with E-state index in [4.69, 9.17) is 25.8 Å². The Bertz CT molecular complexity index is 1370. The van der Waals surface area contributed by atoms with E-state index >= 15 is 0 Å². The first-order chi connectivity index (χ1) is 19.3. The highest BCUT2D eigenvalue weighted by atomic mass is 35.5. The number of benzene rings is 3. The van der Waals surface area contributed by atoms with Crippen LogP contribution in [-0.2, 0) is 14.4 Å². The van der Waals surface area contributed by atoms with Crippen LogP contribution in [0.2, 0.25) is 5.02 Å². The molecule has 0 fully saturated rings. The molecule has 0 aliphatic carbocycles. The van der Waals surface area contributed by atoms with Gasteiger partial charge in [-0.25, -0.2) is 9.82 Å². The molecule has 0 bridgehead atoms. The van der Waals surface area contributed by atoms with Gasteiger partial charge in [0.25, 0.3) is 5.91 Å². The van der Waals surface area contributed by atoms with Gasteiger partial charge in [-0.05, 0) is 67.4 Å². The second kappa shape index (κ2) is 15.1. The van der Waals surface area contributed by atoms with Gasteiger partial charge in [0, 0.05) is 5.69 Å². The maximum Gasteiger partial charge on any atom is 0.329 e. The van der Waals surface area contributed by atoms with Gasteiger partial charge in [0.2, 0.25) is 0 Å². The number of hydrogen-bond donors (Lipinski definition) is 3. The summed E-state index contributed by atoms with van der Waals surface area (Å²) in [4.78, 5) is 36.5. The molecule has 3 aromatic rings. The monoisotopic (exact) mass is 570 g/mol. The lowest BCUT2D eigenvalue weighted by atomic mass is 10.2. The minimum absolute atomic E-state index is 0.0180. The largest absolute Gasteiger partial charge is 0.494 e. The molecular weight excluding hydrogens is 543 g/mol. The Morgan fingerprint density at radius 2 is 1.70 bits per heavy atom. The maximum atomic E-state index is 13.8. The third-order valence-electron chi connectivity index (χ3n) is 5.00. The number of nitrogens with one attached hydrogen (secondary N) is 3. The fourth-order valence-electron chi connectivity index (χ4n) is 3.21. The van der Waals surface area contributed by atoms with Crippen LogP contribution in [0.15, 0.2) is 65.8 Å². The van der Waals surface area contributed by atoms with E-state index in [1.54, 1.807) is 37.3 Å². The van der Waals surface area contributed by atoms with Crippen molar-refractivity contribution in [3.8, 4) is 17.2 Å². The van der Waals surface area contributed by atoms with E-state index < -0.39 is 30.1 Å². The predicted molar refractivity (Wildman–Crippen MR) is 150 cm³/mol.